The molecule has 0 aliphatic heterocycles. The zero-order chi connectivity index (χ0) is 9.47. The normalized spacial score (nSPS) is 19.1. The molecule has 1 aliphatic rings. The van der Waals surface area contributed by atoms with Gasteiger partial charge in [-0.3, -0.25) is 0 Å². The molecule has 70 valence electrons. The first kappa shape index (κ1) is 8.76. The number of benzene rings is 1. The highest BCUT2D eigenvalue weighted by molar-refractivity contribution is 5.36. The first-order chi connectivity index (χ1) is 6.12. The number of hydrogen-bond donors (Lipinski definition) is 1. The van der Waals surface area contributed by atoms with Crippen LogP contribution in [0.1, 0.15) is 25.0 Å². The Morgan fingerprint density at radius 1 is 1.15 bits per heavy atom. The summed E-state index contributed by atoms with van der Waals surface area (Å²) in [5.74, 6) is 0.555. The Labute approximate surface area is 80.0 Å². The van der Waals surface area contributed by atoms with Crippen LogP contribution in [0.3, 0.4) is 0 Å². The van der Waals surface area contributed by atoms with Gasteiger partial charge in [-0.05, 0) is 29.9 Å². The van der Waals surface area contributed by atoms with Crippen LogP contribution in [0, 0.1) is 5.92 Å². The molecule has 2 N–H and O–H groups in total. The van der Waals surface area contributed by atoms with Gasteiger partial charge in [-0.25, -0.2) is 0 Å². The van der Waals surface area contributed by atoms with E-state index in [1.807, 2.05) is 0 Å². The summed E-state index contributed by atoms with van der Waals surface area (Å²) in [6, 6.07) is 8.61. The van der Waals surface area contributed by atoms with E-state index in [0.717, 1.165) is 12.8 Å². The van der Waals surface area contributed by atoms with Gasteiger partial charge in [0.25, 0.3) is 0 Å². The van der Waals surface area contributed by atoms with Crippen LogP contribution in [0.2, 0.25) is 0 Å². The topological polar surface area (TPSA) is 26.0 Å². The molecule has 0 bridgehead atoms. The minimum Gasteiger partial charge on any atom is -0.324 e. The van der Waals surface area contributed by atoms with Crippen LogP contribution in [0.15, 0.2) is 24.3 Å². The first-order valence-electron chi connectivity index (χ1n) is 4.97. The molecule has 0 unspecified atom stereocenters. The van der Waals surface area contributed by atoms with Crippen molar-refractivity contribution >= 4 is 0 Å². The second-order valence-corrected chi connectivity index (χ2v) is 4.51. The third-order valence-corrected chi connectivity index (χ3v) is 3.31. The Bertz CT molecular complexity index is 290. The molecular formula is C12H17N. The predicted octanol–water partition coefficient (Wildman–Crippen LogP) is 2.14. The van der Waals surface area contributed by atoms with E-state index < -0.39 is 0 Å². The lowest BCUT2D eigenvalue weighted by molar-refractivity contribution is 0.325. The zero-order valence-corrected chi connectivity index (χ0v) is 8.38. The standard InChI is InChI=1S/C12H17N/c1-9(2)12(13)7-10-5-3-4-6-11(10)8-12/h3-6,9H,7-8,13H2,1-2H3. The molecule has 1 aliphatic carbocycles. The maximum Gasteiger partial charge on any atom is 0.0259 e. The van der Waals surface area contributed by atoms with Gasteiger partial charge in [0.2, 0.25) is 0 Å². The molecule has 13 heavy (non-hydrogen) atoms. The van der Waals surface area contributed by atoms with E-state index in [4.69, 9.17) is 5.73 Å². The van der Waals surface area contributed by atoms with Crippen molar-refractivity contribution in [3.63, 3.8) is 0 Å². The Kier molecular flexibility index (Phi) is 1.92. The van der Waals surface area contributed by atoms with Crippen LogP contribution >= 0.6 is 0 Å². The smallest absolute Gasteiger partial charge is 0.0259 e. The van der Waals surface area contributed by atoms with E-state index in [2.05, 4.69) is 38.1 Å². The molecule has 1 heteroatoms. The fourth-order valence-corrected chi connectivity index (χ4v) is 2.08. The molecule has 1 aromatic rings. The van der Waals surface area contributed by atoms with Gasteiger partial charge in [0.05, 0.1) is 0 Å². The van der Waals surface area contributed by atoms with Gasteiger partial charge in [-0.15, -0.1) is 0 Å². The van der Waals surface area contributed by atoms with E-state index in [1.54, 1.807) is 0 Å². The van der Waals surface area contributed by atoms with Gasteiger partial charge in [0, 0.05) is 5.54 Å². The molecule has 0 radical (unpaired) electrons. The maximum absolute atomic E-state index is 6.35. The Balaban J connectivity index is 2.32. The van der Waals surface area contributed by atoms with Gasteiger partial charge >= 0.3 is 0 Å². The summed E-state index contributed by atoms with van der Waals surface area (Å²) >= 11 is 0. The summed E-state index contributed by atoms with van der Waals surface area (Å²) in [6.07, 6.45) is 2.08. The van der Waals surface area contributed by atoms with Crippen molar-refractivity contribution in [2.24, 2.45) is 11.7 Å². The lowest BCUT2D eigenvalue weighted by atomic mass is 9.85. The number of nitrogens with two attached hydrogens (primary N) is 1. The van der Waals surface area contributed by atoms with Crippen LogP contribution < -0.4 is 5.73 Å². The van der Waals surface area contributed by atoms with E-state index in [-0.39, 0.29) is 5.54 Å². The number of hydrogen-bond acceptors (Lipinski definition) is 1. The predicted molar refractivity (Wildman–Crippen MR) is 55.6 cm³/mol. The van der Waals surface area contributed by atoms with Gasteiger partial charge in [0.15, 0.2) is 0 Å². The molecular weight excluding hydrogens is 158 g/mol. The summed E-state index contributed by atoms with van der Waals surface area (Å²) in [5.41, 5.74) is 9.24. The summed E-state index contributed by atoms with van der Waals surface area (Å²) < 4.78 is 0. The van der Waals surface area contributed by atoms with Gasteiger partial charge in [0.1, 0.15) is 0 Å². The number of rotatable bonds is 1. The van der Waals surface area contributed by atoms with Crippen LogP contribution in [0.5, 0.6) is 0 Å². The Morgan fingerprint density at radius 2 is 1.62 bits per heavy atom. The highest BCUT2D eigenvalue weighted by Crippen LogP contribution is 2.32. The quantitative estimate of drug-likeness (QED) is 0.695. The van der Waals surface area contributed by atoms with Gasteiger partial charge in [-0.2, -0.15) is 0 Å². The number of fused-ring (bicyclic) bond motifs is 1. The molecule has 0 saturated carbocycles. The van der Waals surface area contributed by atoms with Crippen molar-refractivity contribution < 1.29 is 0 Å². The zero-order valence-electron chi connectivity index (χ0n) is 8.38. The van der Waals surface area contributed by atoms with Crippen LogP contribution in [0.4, 0.5) is 0 Å². The third-order valence-electron chi connectivity index (χ3n) is 3.31. The van der Waals surface area contributed by atoms with Crippen molar-refractivity contribution in [1.82, 2.24) is 0 Å². The van der Waals surface area contributed by atoms with Gasteiger partial charge in [-0.1, -0.05) is 38.1 Å². The van der Waals surface area contributed by atoms with Crippen molar-refractivity contribution in [3.05, 3.63) is 35.4 Å². The largest absolute Gasteiger partial charge is 0.324 e. The van der Waals surface area contributed by atoms with Gasteiger partial charge < -0.3 is 5.73 Å². The lowest BCUT2D eigenvalue weighted by Gasteiger charge is -2.28. The molecule has 0 atom stereocenters. The SMILES string of the molecule is CC(C)C1(N)Cc2ccccc2C1. The fraction of sp³-hybridized carbons (Fsp3) is 0.500. The summed E-state index contributed by atoms with van der Waals surface area (Å²) in [5, 5.41) is 0. The molecule has 2 rings (SSSR count). The monoisotopic (exact) mass is 175 g/mol. The molecule has 0 fully saturated rings. The van der Waals surface area contributed by atoms with E-state index in [1.165, 1.54) is 11.1 Å². The minimum atomic E-state index is 0.00366. The first-order valence-corrected chi connectivity index (χ1v) is 4.97. The summed E-state index contributed by atoms with van der Waals surface area (Å²) in [7, 11) is 0. The molecule has 1 aromatic carbocycles. The summed E-state index contributed by atoms with van der Waals surface area (Å²) in [4.78, 5) is 0. The Morgan fingerprint density at radius 3 is 2.00 bits per heavy atom. The average Bonchev–Trinajstić information content (AvgIpc) is 2.42. The maximum atomic E-state index is 6.35. The van der Waals surface area contributed by atoms with Crippen molar-refractivity contribution in [2.75, 3.05) is 0 Å². The molecule has 0 amide bonds. The second-order valence-electron chi connectivity index (χ2n) is 4.51. The van der Waals surface area contributed by atoms with Crippen molar-refractivity contribution in [3.8, 4) is 0 Å². The van der Waals surface area contributed by atoms with Crippen LogP contribution in [-0.4, -0.2) is 5.54 Å². The van der Waals surface area contributed by atoms with E-state index in [9.17, 15) is 0 Å². The Hall–Kier alpha value is -0.820. The molecule has 0 aromatic heterocycles. The minimum absolute atomic E-state index is 0.00366. The molecule has 0 heterocycles. The highest BCUT2D eigenvalue weighted by Gasteiger charge is 2.35. The van der Waals surface area contributed by atoms with Crippen molar-refractivity contribution in [2.45, 2.75) is 32.2 Å². The van der Waals surface area contributed by atoms with Crippen LogP contribution in [0.25, 0.3) is 0 Å². The molecule has 0 spiro atoms. The molecule has 0 saturated heterocycles. The van der Waals surface area contributed by atoms with Crippen LogP contribution in [-0.2, 0) is 12.8 Å². The fourth-order valence-electron chi connectivity index (χ4n) is 2.08. The van der Waals surface area contributed by atoms with E-state index in [0.29, 0.717) is 5.92 Å². The van der Waals surface area contributed by atoms with E-state index >= 15 is 0 Å². The highest BCUT2D eigenvalue weighted by atomic mass is 14.8. The van der Waals surface area contributed by atoms with Crippen molar-refractivity contribution in [1.29, 1.82) is 0 Å². The third kappa shape index (κ3) is 1.37. The molecule has 1 nitrogen and oxygen atoms in total. The second kappa shape index (κ2) is 2.85. The summed E-state index contributed by atoms with van der Waals surface area (Å²) in [6.45, 7) is 4.43. The average molecular weight is 175 g/mol. The lowest BCUT2D eigenvalue weighted by Crippen LogP contribution is -2.45.